The number of anilines is 1. The summed E-state index contributed by atoms with van der Waals surface area (Å²) in [7, 11) is 0. The molecule has 0 spiro atoms. The molecule has 1 aliphatic heterocycles. The normalized spacial score (nSPS) is 14.9. The lowest BCUT2D eigenvalue weighted by atomic mass is 10.2. The number of nitrogens with one attached hydrogen (secondary N) is 1. The molecule has 1 aliphatic rings. The largest absolute Gasteiger partial charge is 0.327 e. The minimum Gasteiger partial charge on any atom is -0.327 e. The molecule has 1 N–H and O–H groups in total. The monoisotopic (exact) mass is 306 g/mol. The van der Waals surface area contributed by atoms with Gasteiger partial charge in [0.25, 0.3) is 0 Å². The Hall–Kier alpha value is -2.03. The number of rotatable bonds is 1. The van der Waals surface area contributed by atoms with Crippen LogP contribution in [0.3, 0.4) is 0 Å². The molecule has 0 atom stereocenters. The summed E-state index contributed by atoms with van der Waals surface area (Å²) in [6, 6.07) is 0.0328. The van der Waals surface area contributed by atoms with E-state index in [0.29, 0.717) is 4.90 Å². The van der Waals surface area contributed by atoms with Crippen molar-refractivity contribution in [2.24, 2.45) is 0 Å². The number of nitrogens with zero attached hydrogens (tertiary/aromatic N) is 1. The smallest absolute Gasteiger partial charge is 0.236 e. The summed E-state index contributed by atoms with van der Waals surface area (Å²) in [5.41, 5.74) is -1.19. The number of amides is 2. The second kappa shape index (κ2) is 5.16. The van der Waals surface area contributed by atoms with E-state index in [-0.39, 0.29) is 18.9 Å². The molecule has 4 nitrogen and oxygen atoms in total. The van der Waals surface area contributed by atoms with Gasteiger partial charge < -0.3 is 5.32 Å². The Balaban J connectivity index is 2.33. The number of hydrogen-bond acceptors (Lipinski definition) is 3. The topological polar surface area (TPSA) is 49.4 Å². The summed E-state index contributed by atoms with van der Waals surface area (Å²) in [4.78, 5) is 23.2. The average Bonchev–Trinajstić information content (AvgIpc) is 2.72. The number of hydrogen-bond donors (Lipinski definition) is 1. The maximum atomic E-state index is 13.4. The van der Waals surface area contributed by atoms with Crippen LogP contribution in [-0.4, -0.2) is 21.8 Å². The van der Waals surface area contributed by atoms with Crippen LogP contribution in [-0.2, 0) is 9.59 Å². The van der Waals surface area contributed by atoms with Gasteiger partial charge in [0.15, 0.2) is 28.4 Å². The zero-order valence-corrected chi connectivity index (χ0v) is 10.5. The number of benzene rings is 1. The molecule has 1 aromatic rings. The summed E-state index contributed by atoms with van der Waals surface area (Å²) < 4.78 is 52.8. The van der Waals surface area contributed by atoms with Gasteiger partial charge in [-0.3, -0.25) is 9.59 Å². The molecular formula is C11H6F4N2O2S. The van der Waals surface area contributed by atoms with Crippen molar-refractivity contribution in [3.05, 3.63) is 29.3 Å². The van der Waals surface area contributed by atoms with Crippen molar-refractivity contribution >= 4 is 34.8 Å². The fraction of sp³-hybridized carbons (Fsp3) is 0.182. The van der Waals surface area contributed by atoms with Gasteiger partial charge in [0.2, 0.25) is 11.8 Å². The van der Waals surface area contributed by atoms with Gasteiger partial charge in [0.05, 0.1) is 0 Å². The Morgan fingerprint density at radius 2 is 1.50 bits per heavy atom. The van der Waals surface area contributed by atoms with Crippen LogP contribution in [0.2, 0.25) is 0 Å². The Labute approximate surface area is 115 Å². The van der Waals surface area contributed by atoms with Crippen LogP contribution < -0.4 is 5.32 Å². The Morgan fingerprint density at radius 3 is 1.95 bits per heavy atom. The minimum absolute atomic E-state index is 0.0328. The maximum absolute atomic E-state index is 13.4. The predicted molar refractivity (Wildman–Crippen MR) is 63.6 cm³/mol. The van der Waals surface area contributed by atoms with Crippen molar-refractivity contribution in [1.29, 1.82) is 0 Å². The second-order valence-electron chi connectivity index (χ2n) is 3.90. The molecule has 0 saturated carbocycles. The third kappa shape index (κ3) is 2.36. The van der Waals surface area contributed by atoms with E-state index in [1.807, 2.05) is 5.32 Å². The number of likely N-dealkylation sites (tertiary alicyclic amines) is 1. The zero-order valence-electron chi connectivity index (χ0n) is 9.68. The van der Waals surface area contributed by atoms with Gasteiger partial charge in [-0.05, 0) is 12.2 Å². The lowest BCUT2D eigenvalue weighted by molar-refractivity contribution is -0.133. The first-order chi connectivity index (χ1) is 9.32. The molecule has 20 heavy (non-hydrogen) atoms. The number of halogens is 4. The van der Waals surface area contributed by atoms with Crippen LogP contribution in [0.5, 0.6) is 0 Å². The molecule has 1 heterocycles. The summed E-state index contributed by atoms with van der Waals surface area (Å²) in [5, 5.41) is 1.21. The van der Waals surface area contributed by atoms with E-state index in [0.717, 1.165) is 0 Å². The second-order valence-corrected chi connectivity index (χ2v) is 4.28. The molecule has 0 radical (unpaired) electrons. The molecule has 106 valence electrons. The third-order valence-electron chi connectivity index (χ3n) is 2.60. The van der Waals surface area contributed by atoms with Crippen molar-refractivity contribution < 1.29 is 27.2 Å². The lowest BCUT2D eigenvalue weighted by Gasteiger charge is -2.17. The van der Waals surface area contributed by atoms with Gasteiger partial charge in [-0.15, -0.1) is 0 Å². The standard InChI is InChI=1S/C11H6F4N2O2S/c12-4-3-5(13)9(15)10(8(4)14)16-11(20)17-6(18)1-2-7(17)19/h3H,1-2H2,(H,16,20). The summed E-state index contributed by atoms with van der Waals surface area (Å²) >= 11 is 4.65. The lowest BCUT2D eigenvalue weighted by Crippen LogP contribution is -2.39. The van der Waals surface area contributed by atoms with Gasteiger partial charge >= 0.3 is 0 Å². The molecular weight excluding hydrogens is 300 g/mol. The SMILES string of the molecule is O=C1CCC(=O)N1C(=S)Nc1c(F)c(F)cc(F)c1F. The van der Waals surface area contributed by atoms with Crippen LogP contribution >= 0.6 is 12.2 Å². The zero-order chi connectivity index (χ0) is 15.0. The van der Waals surface area contributed by atoms with E-state index in [4.69, 9.17) is 0 Å². The molecule has 1 aromatic carbocycles. The van der Waals surface area contributed by atoms with Crippen LogP contribution in [0, 0.1) is 23.3 Å². The molecule has 2 amide bonds. The van der Waals surface area contributed by atoms with Crippen molar-refractivity contribution in [2.45, 2.75) is 12.8 Å². The number of imide groups is 1. The fourth-order valence-electron chi connectivity index (χ4n) is 1.65. The van der Waals surface area contributed by atoms with E-state index >= 15 is 0 Å². The molecule has 0 aromatic heterocycles. The van der Waals surface area contributed by atoms with E-state index in [1.54, 1.807) is 0 Å². The first kappa shape index (κ1) is 14.4. The van der Waals surface area contributed by atoms with Crippen molar-refractivity contribution in [3.63, 3.8) is 0 Å². The van der Waals surface area contributed by atoms with Crippen molar-refractivity contribution in [3.8, 4) is 0 Å². The first-order valence-corrected chi connectivity index (χ1v) is 5.73. The van der Waals surface area contributed by atoms with Crippen LogP contribution in [0.25, 0.3) is 0 Å². The van der Waals surface area contributed by atoms with E-state index in [9.17, 15) is 27.2 Å². The van der Waals surface area contributed by atoms with Gasteiger partial charge in [0.1, 0.15) is 5.69 Å². The first-order valence-electron chi connectivity index (χ1n) is 5.32. The van der Waals surface area contributed by atoms with Gasteiger partial charge in [0, 0.05) is 18.9 Å². The average molecular weight is 306 g/mol. The van der Waals surface area contributed by atoms with Gasteiger partial charge in [-0.25, -0.2) is 22.5 Å². The molecule has 1 saturated heterocycles. The van der Waals surface area contributed by atoms with Crippen LogP contribution in [0.15, 0.2) is 6.07 Å². The van der Waals surface area contributed by atoms with Crippen LogP contribution in [0.1, 0.15) is 12.8 Å². The third-order valence-corrected chi connectivity index (χ3v) is 2.88. The van der Waals surface area contributed by atoms with Crippen molar-refractivity contribution in [2.75, 3.05) is 5.32 Å². The highest BCUT2D eigenvalue weighted by Crippen LogP contribution is 2.25. The molecule has 2 rings (SSSR count). The van der Waals surface area contributed by atoms with Crippen LogP contribution in [0.4, 0.5) is 23.2 Å². The molecule has 9 heteroatoms. The van der Waals surface area contributed by atoms with Gasteiger partial charge in [-0.2, -0.15) is 0 Å². The molecule has 1 fully saturated rings. The Kier molecular flexibility index (Phi) is 3.71. The highest BCUT2D eigenvalue weighted by atomic mass is 32.1. The highest BCUT2D eigenvalue weighted by molar-refractivity contribution is 7.80. The minimum atomic E-state index is -1.70. The Bertz CT molecular complexity index is 593. The number of thiocarbonyl (C=S) groups is 1. The number of carbonyl (C=O) groups excluding carboxylic acids is 2. The van der Waals surface area contributed by atoms with E-state index in [2.05, 4.69) is 12.2 Å². The van der Waals surface area contributed by atoms with E-state index < -0.39 is 45.9 Å². The summed E-state index contributed by atoms with van der Waals surface area (Å²) in [5.74, 6) is -7.99. The quantitative estimate of drug-likeness (QED) is 0.373. The maximum Gasteiger partial charge on any atom is 0.236 e. The molecule has 0 aliphatic carbocycles. The summed E-state index contributed by atoms with van der Waals surface area (Å²) in [6.07, 6.45) is -0.188. The summed E-state index contributed by atoms with van der Waals surface area (Å²) in [6.45, 7) is 0. The van der Waals surface area contributed by atoms with Gasteiger partial charge in [-0.1, -0.05) is 0 Å². The molecule has 0 unspecified atom stereocenters. The Morgan fingerprint density at radius 1 is 1.05 bits per heavy atom. The predicted octanol–water partition coefficient (Wildman–Crippen LogP) is 2.09. The van der Waals surface area contributed by atoms with Crippen molar-refractivity contribution in [1.82, 2.24) is 4.90 Å². The number of carbonyl (C=O) groups is 2. The van der Waals surface area contributed by atoms with E-state index in [1.165, 1.54) is 0 Å². The molecule has 0 bridgehead atoms. The fourth-order valence-corrected chi connectivity index (χ4v) is 1.95. The highest BCUT2D eigenvalue weighted by Gasteiger charge is 2.33.